The molecule has 0 bridgehead atoms. The average molecular weight is 324 g/mol. The van der Waals surface area contributed by atoms with Crippen molar-refractivity contribution in [2.75, 3.05) is 13.1 Å². The van der Waals surface area contributed by atoms with E-state index in [4.69, 9.17) is 0 Å². The van der Waals surface area contributed by atoms with Gasteiger partial charge in [0.25, 0.3) is 0 Å². The maximum absolute atomic E-state index is 11.3. The molecular formula is C12H14BrN5O. The zero-order valence-electron chi connectivity index (χ0n) is 10.6. The van der Waals surface area contributed by atoms with Crippen LogP contribution in [-0.2, 0) is 4.79 Å². The van der Waals surface area contributed by atoms with Crippen molar-refractivity contribution in [3.8, 4) is 0 Å². The van der Waals surface area contributed by atoms with Crippen LogP contribution in [0, 0.1) is 0 Å². The Balaban J connectivity index is 1.80. The zero-order valence-corrected chi connectivity index (χ0v) is 12.1. The molecule has 0 atom stereocenters. The quantitative estimate of drug-likeness (QED) is 0.868. The van der Waals surface area contributed by atoms with Crippen LogP contribution in [0.1, 0.15) is 31.5 Å². The number of nitrogens with one attached hydrogen (secondary N) is 1. The second-order valence-electron chi connectivity index (χ2n) is 4.77. The van der Waals surface area contributed by atoms with E-state index in [-0.39, 0.29) is 5.91 Å². The van der Waals surface area contributed by atoms with Gasteiger partial charge in [-0.3, -0.25) is 4.79 Å². The number of piperidine rings is 1. The number of halogens is 1. The van der Waals surface area contributed by atoms with Crippen molar-refractivity contribution in [2.24, 2.45) is 0 Å². The number of carbonyl (C=O) groups is 1. The van der Waals surface area contributed by atoms with Gasteiger partial charge in [-0.05, 0) is 28.8 Å². The fourth-order valence-electron chi connectivity index (χ4n) is 2.45. The number of likely N-dealkylation sites (tertiary alicyclic amines) is 1. The molecule has 1 saturated heterocycles. The summed E-state index contributed by atoms with van der Waals surface area (Å²) in [6.07, 6.45) is 3.51. The highest BCUT2D eigenvalue weighted by Gasteiger charge is 2.24. The van der Waals surface area contributed by atoms with Gasteiger partial charge >= 0.3 is 0 Å². The SMILES string of the molecule is CC(=O)N1CCC(c2nc3ncc(Br)nc3[nH]2)CC1. The molecule has 0 aliphatic carbocycles. The number of amides is 1. The number of hydrogen-bond donors (Lipinski definition) is 1. The van der Waals surface area contributed by atoms with Crippen LogP contribution in [0.25, 0.3) is 11.3 Å². The van der Waals surface area contributed by atoms with E-state index in [1.165, 1.54) is 0 Å². The van der Waals surface area contributed by atoms with Gasteiger partial charge in [-0.15, -0.1) is 0 Å². The molecule has 2 aromatic rings. The van der Waals surface area contributed by atoms with E-state index in [9.17, 15) is 4.79 Å². The number of aromatic amines is 1. The molecular weight excluding hydrogens is 310 g/mol. The van der Waals surface area contributed by atoms with Crippen molar-refractivity contribution < 1.29 is 4.79 Å². The summed E-state index contributed by atoms with van der Waals surface area (Å²) in [5, 5.41) is 0. The topological polar surface area (TPSA) is 74.8 Å². The molecule has 1 fully saturated rings. The minimum absolute atomic E-state index is 0.148. The van der Waals surface area contributed by atoms with Crippen LogP contribution in [0.2, 0.25) is 0 Å². The first-order chi connectivity index (χ1) is 9.13. The Bertz CT molecular complexity index is 618. The number of H-pyrrole nitrogens is 1. The first-order valence-electron chi connectivity index (χ1n) is 6.27. The van der Waals surface area contributed by atoms with Gasteiger partial charge in [-0.1, -0.05) is 0 Å². The number of imidazole rings is 1. The van der Waals surface area contributed by atoms with Gasteiger partial charge in [0.1, 0.15) is 10.4 Å². The molecule has 3 heterocycles. The largest absolute Gasteiger partial charge is 0.343 e. The molecule has 0 spiro atoms. The number of aromatic nitrogens is 4. The van der Waals surface area contributed by atoms with Gasteiger partial charge < -0.3 is 9.88 Å². The van der Waals surface area contributed by atoms with Crippen LogP contribution in [-0.4, -0.2) is 43.8 Å². The van der Waals surface area contributed by atoms with Crippen LogP contribution < -0.4 is 0 Å². The summed E-state index contributed by atoms with van der Waals surface area (Å²) < 4.78 is 0.696. The highest BCUT2D eigenvalue weighted by atomic mass is 79.9. The van der Waals surface area contributed by atoms with E-state index < -0.39 is 0 Å². The second-order valence-corrected chi connectivity index (χ2v) is 5.58. The van der Waals surface area contributed by atoms with Gasteiger partial charge in [0.15, 0.2) is 11.3 Å². The summed E-state index contributed by atoms with van der Waals surface area (Å²) in [6.45, 7) is 3.20. The third kappa shape index (κ3) is 2.47. The molecule has 2 aromatic heterocycles. The Hall–Kier alpha value is -1.50. The molecule has 0 unspecified atom stereocenters. The molecule has 7 heteroatoms. The number of nitrogens with zero attached hydrogens (tertiary/aromatic N) is 4. The normalized spacial score (nSPS) is 17.1. The van der Waals surface area contributed by atoms with Crippen molar-refractivity contribution in [3.63, 3.8) is 0 Å². The molecule has 0 saturated carbocycles. The Morgan fingerprint density at radius 3 is 2.84 bits per heavy atom. The summed E-state index contributed by atoms with van der Waals surface area (Å²) in [5.74, 6) is 1.43. The van der Waals surface area contributed by atoms with E-state index >= 15 is 0 Å². The van der Waals surface area contributed by atoms with E-state index in [1.54, 1.807) is 13.1 Å². The van der Waals surface area contributed by atoms with Gasteiger partial charge in [-0.25, -0.2) is 15.0 Å². The van der Waals surface area contributed by atoms with E-state index in [1.807, 2.05) is 4.90 Å². The lowest BCUT2D eigenvalue weighted by atomic mass is 9.96. The lowest BCUT2D eigenvalue weighted by Crippen LogP contribution is -2.36. The van der Waals surface area contributed by atoms with Crippen molar-refractivity contribution in [2.45, 2.75) is 25.7 Å². The number of carbonyl (C=O) groups excluding carboxylic acids is 1. The van der Waals surface area contributed by atoms with Crippen molar-refractivity contribution in [1.29, 1.82) is 0 Å². The van der Waals surface area contributed by atoms with Gasteiger partial charge in [-0.2, -0.15) is 0 Å². The fraction of sp³-hybridized carbons (Fsp3) is 0.500. The van der Waals surface area contributed by atoms with Crippen molar-refractivity contribution in [1.82, 2.24) is 24.8 Å². The highest BCUT2D eigenvalue weighted by Crippen LogP contribution is 2.27. The molecule has 1 amide bonds. The molecule has 100 valence electrons. The van der Waals surface area contributed by atoms with E-state index in [0.29, 0.717) is 21.8 Å². The Morgan fingerprint density at radius 2 is 2.16 bits per heavy atom. The Morgan fingerprint density at radius 1 is 1.42 bits per heavy atom. The monoisotopic (exact) mass is 323 g/mol. The molecule has 1 aliphatic rings. The van der Waals surface area contributed by atoms with Crippen LogP contribution in [0.15, 0.2) is 10.8 Å². The standard InChI is InChI=1S/C12H14BrN5O/c1-7(19)18-4-2-8(3-5-18)10-16-11-12(17-10)15-9(13)6-14-11/h6,8H,2-5H2,1H3,(H,14,15,16,17). The summed E-state index contributed by atoms with van der Waals surface area (Å²) in [7, 11) is 0. The summed E-state index contributed by atoms with van der Waals surface area (Å²) >= 11 is 3.30. The van der Waals surface area contributed by atoms with Crippen LogP contribution >= 0.6 is 15.9 Å². The first kappa shape index (κ1) is 12.5. The lowest BCUT2D eigenvalue weighted by molar-refractivity contribution is -0.129. The van der Waals surface area contributed by atoms with Gasteiger partial charge in [0, 0.05) is 25.9 Å². The predicted octanol–water partition coefficient (Wildman–Crippen LogP) is 1.84. The highest BCUT2D eigenvalue weighted by molar-refractivity contribution is 9.10. The maximum atomic E-state index is 11.3. The van der Waals surface area contributed by atoms with Crippen molar-refractivity contribution >= 4 is 33.1 Å². The van der Waals surface area contributed by atoms with Gasteiger partial charge in [0.05, 0.1) is 6.20 Å². The number of hydrogen-bond acceptors (Lipinski definition) is 4. The smallest absolute Gasteiger partial charge is 0.219 e. The van der Waals surface area contributed by atoms with Crippen LogP contribution in [0.3, 0.4) is 0 Å². The molecule has 6 nitrogen and oxygen atoms in total. The number of fused-ring (bicyclic) bond motifs is 1. The van der Waals surface area contributed by atoms with E-state index in [0.717, 1.165) is 31.8 Å². The molecule has 1 aliphatic heterocycles. The lowest BCUT2D eigenvalue weighted by Gasteiger charge is -2.30. The minimum atomic E-state index is 0.148. The first-order valence-corrected chi connectivity index (χ1v) is 7.06. The van der Waals surface area contributed by atoms with Gasteiger partial charge in [0.2, 0.25) is 5.91 Å². The summed E-state index contributed by atoms with van der Waals surface area (Å²) in [6, 6.07) is 0. The Kier molecular flexibility index (Phi) is 3.22. The fourth-order valence-corrected chi connectivity index (χ4v) is 2.73. The summed E-state index contributed by atoms with van der Waals surface area (Å²) in [4.78, 5) is 29.4. The summed E-state index contributed by atoms with van der Waals surface area (Å²) in [5.41, 5.74) is 1.35. The van der Waals surface area contributed by atoms with Crippen molar-refractivity contribution in [3.05, 3.63) is 16.6 Å². The molecule has 19 heavy (non-hydrogen) atoms. The Labute approximate surface area is 118 Å². The predicted molar refractivity (Wildman–Crippen MR) is 73.6 cm³/mol. The second kappa shape index (κ2) is 4.88. The number of rotatable bonds is 1. The maximum Gasteiger partial charge on any atom is 0.219 e. The minimum Gasteiger partial charge on any atom is -0.343 e. The molecule has 0 radical (unpaired) electrons. The van der Waals surface area contributed by atoms with Crippen LogP contribution in [0.4, 0.5) is 0 Å². The molecule has 0 aromatic carbocycles. The van der Waals surface area contributed by atoms with Crippen LogP contribution in [0.5, 0.6) is 0 Å². The third-order valence-corrected chi connectivity index (χ3v) is 3.91. The third-order valence-electron chi connectivity index (χ3n) is 3.52. The van der Waals surface area contributed by atoms with E-state index in [2.05, 4.69) is 35.9 Å². The average Bonchev–Trinajstić information content (AvgIpc) is 2.81. The molecule has 3 rings (SSSR count). The molecule has 1 N–H and O–H groups in total. The zero-order chi connectivity index (χ0) is 13.4.